The van der Waals surface area contributed by atoms with Crippen molar-refractivity contribution >= 4 is 5.91 Å². The summed E-state index contributed by atoms with van der Waals surface area (Å²) in [5.74, 6) is 0.0855. The number of likely N-dealkylation sites (tertiary alicyclic amines) is 1. The van der Waals surface area contributed by atoms with E-state index in [2.05, 4.69) is 0 Å². The van der Waals surface area contributed by atoms with Gasteiger partial charge in [-0.2, -0.15) is 0 Å². The van der Waals surface area contributed by atoms with Crippen molar-refractivity contribution in [3.63, 3.8) is 0 Å². The number of carbonyl (C=O) groups is 1. The Hall–Kier alpha value is -1.29. The van der Waals surface area contributed by atoms with Crippen LogP contribution < -0.4 is 5.73 Å². The van der Waals surface area contributed by atoms with Crippen molar-refractivity contribution in [2.75, 3.05) is 13.1 Å². The van der Waals surface area contributed by atoms with Gasteiger partial charge in [-0.15, -0.1) is 0 Å². The zero-order chi connectivity index (χ0) is 10.3. The molecule has 2 N–H and O–H groups in total. The third-order valence-electron chi connectivity index (χ3n) is 2.79. The van der Waals surface area contributed by atoms with Gasteiger partial charge in [0.05, 0.1) is 0 Å². The minimum absolute atomic E-state index is 0.0855. The predicted octanol–water partition coefficient (Wildman–Crippen LogP) is 0.117. The average molecular weight is 193 g/mol. The van der Waals surface area contributed by atoms with Crippen LogP contribution in [0.2, 0.25) is 0 Å². The predicted molar refractivity (Wildman–Crippen MR) is 54.0 cm³/mol. The van der Waals surface area contributed by atoms with E-state index in [1.54, 1.807) is 4.90 Å². The molecule has 2 heterocycles. The van der Waals surface area contributed by atoms with Crippen molar-refractivity contribution in [1.82, 2.24) is 9.47 Å². The monoisotopic (exact) mass is 193 g/mol. The minimum Gasteiger partial charge on any atom is -0.344 e. The molecule has 0 saturated carbocycles. The van der Waals surface area contributed by atoms with Crippen molar-refractivity contribution < 1.29 is 4.79 Å². The average Bonchev–Trinajstić information content (AvgIpc) is 2.42. The molecule has 4 nitrogen and oxygen atoms in total. The number of amides is 1. The lowest BCUT2D eigenvalue weighted by atomic mass is 10.1. The molecule has 1 fully saturated rings. The summed E-state index contributed by atoms with van der Waals surface area (Å²) in [6, 6.07) is 3.98. The molecule has 14 heavy (non-hydrogen) atoms. The van der Waals surface area contributed by atoms with Gasteiger partial charge in [0.1, 0.15) is 5.69 Å². The van der Waals surface area contributed by atoms with Gasteiger partial charge in [-0.05, 0) is 19.1 Å². The van der Waals surface area contributed by atoms with Crippen molar-refractivity contribution in [1.29, 1.82) is 0 Å². The maximum atomic E-state index is 11.9. The summed E-state index contributed by atoms with van der Waals surface area (Å²) in [4.78, 5) is 13.6. The van der Waals surface area contributed by atoms with Gasteiger partial charge in [0.15, 0.2) is 0 Å². The number of hydrogen-bond acceptors (Lipinski definition) is 2. The molecule has 0 spiro atoms. The maximum Gasteiger partial charge on any atom is 0.270 e. The first-order valence-corrected chi connectivity index (χ1v) is 4.77. The second-order valence-corrected chi connectivity index (χ2v) is 3.89. The summed E-state index contributed by atoms with van der Waals surface area (Å²) in [5, 5.41) is 0. The maximum absolute atomic E-state index is 11.9. The SMILES string of the molecule is Cc1ccc(C(=O)N2CC(N)C2)n1C. The standard InChI is InChI=1S/C10H15N3O/c1-7-3-4-9(12(7)2)10(14)13-5-8(11)6-13/h3-4,8H,5-6,11H2,1-2H3. The first-order valence-electron chi connectivity index (χ1n) is 4.77. The van der Waals surface area contributed by atoms with E-state index in [0.717, 1.165) is 11.4 Å². The highest BCUT2D eigenvalue weighted by Gasteiger charge is 2.29. The van der Waals surface area contributed by atoms with Gasteiger partial charge >= 0.3 is 0 Å². The molecule has 4 heteroatoms. The number of aryl methyl sites for hydroxylation is 1. The van der Waals surface area contributed by atoms with Gasteiger partial charge in [-0.3, -0.25) is 4.79 Å². The topological polar surface area (TPSA) is 51.3 Å². The third-order valence-corrected chi connectivity index (χ3v) is 2.79. The molecule has 1 amide bonds. The van der Waals surface area contributed by atoms with Crippen molar-refractivity contribution in [3.05, 3.63) is 23.5 Å². The molecule has 0 bridgehead atoms. The number of hydrogen-bond donors (Lipinski definition) is 1. The summed E-state index contributed by atoms with van der Waals surface area (Å²) in [6.45, 7) is 3.35. The Labute approximate surface area is 83.3 Å². The number of aromatic nitrogens is 1. The molecule has 1 aliphatic rings. The van der Waals surface area contributed by atoms with Crippen LogP contribution in [0.1, 0.15) is 16.2 Å². The molecule has 1 aromatic heterocycles. The van der Waals surface area contributed by atoms with Gasteiger partial charge in [0.25, 0.3) is 5.91 Å². The second-order valence-electron chi connectivity index (χ2n) is 3.89. The van der Waals surface area contributed by atoms with E-state index in [1.165, 1.54) is 0 Å². The molecule has 2 rings (SSSR count). The summed E-state index contributed by atoms with van der Waals surface area (Å²) in [5.41, 5.74) is 7.47. The smallest absolute Gasteiger partial charge is 0.270 e. The number of nitrogens with two attached hydrogens (primary N) is 1. The second kappa shape index (κ2) is 3.13. The molecular weight excluding hydrogens is 178 g/mol. The highest BCUT2D eigenvalue weighted by atomic mass is 16.2. The first-order chi connectivity index (χ1) is 6.59. The number of rotatable bonds is 1. The molecule has 0 atom stereocenters. The Morgan fingerprint density at radius 1 is 1.50 bits per heavy atom. The van der Waals surface area contributed by atoms with Gasteiger partial charge in [0, 0.05) is 31.9 Å². The molecule has 1 saturated heterocycles. The van der Waals surface area contributed by atoms with E-state index >= 15 is 0 Å². The van der Waals surface area contributed by atoms with Crippen LogP contribution in [-0.4, -0.2) is 34.5 Å². The van der Waals surface area contributed by atoms with E-state index in [9.17, 15) is 4.79 Å². The lowest BCUT2D eigenvalue weighted by molar-refractivity contribution is 0.0598. The van der Waals surface area contributed by atoms with Crippen LogP contribution in [-0.2, 0) is 7.05 Å². The minimum atomic E-state index is 0.0855. The lowest BCUT2D eigenvalue weighted by Crippen LogP contribution is -2.58. The highest BCUT2D eigenvalue weighted by molar-refractivity contribution is 5.93. The Morgan fingerprint density at radius 2 is 2.14 bits per heavy atom. The largest absolute Gasteiger partial charge is 0.344 e. The van der Waals surface area contributed by atoms with Crippen molar-refractivity contribution in [2.45, 2.75) is 13.0 Å². The zero-order valence-corrected chi connectivity index (χ0v) is 8.53. The van der Waals surface area contributed by atoms with E-state index in [0.29, 0.717) is 13.1 Å². The van der Waals surface area contributed by atoms with Gasteiger partial charge in [-0.25, -0.2) is 0 Å². The summed E-state index contributed by atoms with van der Waals surface area (Å²) in [7, 11) is 1.91. The van der Waals surface area contributed by atoms with E-state index in [4.69, 9.17) is 5.73 Å². The summed E-state index contributed by atoms with van der Waals surface area (Å²) >= 11 is 0. The van der Waals surface area contributed by atoms with Gasteiger partial charge in [-0.1, -0.05) is 0 Å². The van der Waals surface area contributed by atoms with Crippen molar-refractivity contribution in [2.24, 2.45) is 12.8 Å². The van der Waals surface area contributed by atoms with E-state index in [-0.39, 0.29) is 11.9 Å². The van der Waals surface area contributed by atoms with Crippen LogP contribution in [0.15, 0.2) is 12.1 Å². The molecule has 76 valence electrons. The summed E-state index contributed by atoms with van der Waals surface area (Å²) < 4.78 is 1.91. The molecule has 0 radical (unpaired) electrons. The fourth-order valence-corrected chi connectivity index (χ4v) is 1.67. The molecule has 1 aliphatic heterocycles. The van der Waals surface area contributed by atoms with Gasteiger partial charge in [0.2, 0.25) is 0 Å². The lowest BCUT2D eigenvalue weighted by Gasteiger charge is -2.36. The van der Waals surface area contributed by atoms with Crippen molar-refractivity contribution in [3.8, 4) is 0 Å². The molecular formula is C10H15N3O. The summed E-state index contributed by atoms with van der Waals surface area (Å²) in [6.07, 6.45) is 0. The molecule has 1 aromatic rings. The molecule has 0 aromatic carbocycles. The quantitative estimate of drug-likeness (QED) is 0.688. The van der Waals surface area contributed by atoms with Crippen LogP contribution in [0.25, 0.3) is 0 Å². The molecule has 0 aliphatic carbocycles. The van der Waals surface area contributed by atoms with Gasteiger partial charge < -0.3 is 15.2 Å². The Morgan fingerprint density at radius 3 is 2.57 bits per heavy atom. The highest BCUT2D eigenvalue weighted by Crippen LogP contribution is 2.13. The third kappa shape index (κ3) is 1.32. The molecule has 0 unspecified atom stereocenters. The first kappa shape index (κ1) is 9.27. The van der Waals surface area contributed by atoms with Crippen LogP contribution in [0, 0.1) is 6.92 Å². The fraction of sp³-hybridized carbons (Fsp3) is 0.500. The van der Waals surface area contributed by atoms with Crippen LogP contribution in [0.4, 0.5) is 0 Å². The zero-order valence-electron chi connectivity index (χ0n) is 8.53. The van der Waals surface area contributed by atoms with Crippen LogP contribution in [0.3, 0.4) is 0 Å². The Bertz CT molecular complexity index is 363. The van der Waals surface area contributed by atoms with Crippen LogP contribution >= 0.6 is 0 Å². The van der Waals surface area contributed by atoms with E-state index < -0.39 is 0 Å². The normalized spacial score (nSPS) is 16.9. The number of nitrogens with zero attached hydrogens (tertiary/aromatic N) is 2. The fourth-order valence-electron chi connectivity index (χ4n) is 1.67. The Balaban J connectivity index is 2.16. The van der Waals surface area contributed by atoms with Crippen LogP contribution in [0.5, 0.6) is 0 Å². The number of carbonyl (C=O) groups excluding carboxylic acids is 1. The Kier molecular flexibility index (Phi) is 2.07. The van der Waals surface area contributed by atoms with E-state index in [1.807, 2.05) is 30.7 Å².